The lowest BCUT2D eigenvalue weighted by Crippen LogP contribution is -2.60. The molecule has 0 radical (unpaired) electrons. The van der Waals surface area contributed by atoms with Crippen LogP contribution in [0.4, 0.5) is 4.79 Å². The summed E-state index contributed by atoms with van der Waals surface area (Å²) in [6.07, 6.45) is 0.0428. The highest BCUT2D eigenvalue weighted by Gasteiger charge is 2.41. The molecule has 4 atom stereocenters. The maximum atomic E-state index is 13.4. The molecule has 38 heavy (non-hydrogen) atoms. The summed E-state index contributed by atoms with van der Waals surface area (Å²) >= 11 is 0. The van der Waals surface area contributed by atoms with E-state index in [9.17, 15) is 24.0 Å². The van der Waals surface area contributed by atoms with E-state index in [0.717, 1.165) is 0 Å². The number of carbonyl (C=O) groups is 5. The average Bonchev–Trinajstić information content (AvgIpc) is 2.92. The van der Waals surface area contributed by atoms with Crippen LogP contribution < -0.4 is 27.0 Å². The van der Waals surface area contributed by atoms with Crippen molar-refractivity contribution in [2.45, 2.75) is 125 Å². The van der Waals surface area contributed by atoms with E-state index >= 15 is 0 Å². The first-order valence-electron chi connectivity index (χ1n) is 13.1. The fraction of sp³-hybridized carbons (Fsp3) is 0.815. The molecular formula is C27H49N5O6. The van der Waals surface area contributed by atoms with Gasteiger partial charge in [-0.3, -0.25) is 19.2 Å². The zero-order valence-corrected chi connectivity index (χ0v) is 25.0. The molecule has 1 fully saturated rings. The fourth-order valence-electron chi connectivity index (χ4n) is 4.37. The van der Waals surface area contributed by atoms with E-state index in [2.05, 4.69) is 21.3 Å². The molecule has 1 aliphatic heterocycles. The van der Waals surface area contributed by atoms with Gasteiger partial charge in [-0.2, -0.15) is 0 Å². The molecule has 218 valence electrons. The summed E-state index contributed by atoms with van der Waals surface area (Å²) in [4.78, 5) is 63.8. The van der Waals surface area contributed by atoms with Crippen molar-refractivity contribution in [3.8, 4) is 0 Å². The van der Waals surface area contributed by atoms with E-state index in [4.69, 9.17) is 10.5 Å². The summed E-state index contributed by atoms with van der Waals surface area (Å²) in [5, 5.41) is 10.9. The highest BCUT2D eigenvalue weighted by Crippen LogP contribution is 2.28. The second kappa shape index (κ2) is 11.9. The minimum absolute atomic E-state index is 0.0529. The monoisotopic (exact) mass is 539 g/mol. The number of hydrogen-bond acceptors (Lipinski definition) is 6. The highest BCUT2D eigenvalue weighted by molar-refractivity contribution is 5.94. The maximum absolute atomic E-state index is 13.4. The number of amides is 5. The van der Waals surface area contributed by atoms with Crippen molar-refractivity contribution in [2.24, 2.45) is 22.5 Å². The predicted molar refractivity (Wildman–Crippen MR) is 145 cm³/mol. The summed E-state index contributed by atoms with van der Waals surface area (Å²) in [5.74, 6) is -2.62. The third-order valence-electron chi connectivity index (χ3n) is 6.01. The molecule has 4 unspecified atom stereocenters. The minimum atomic E-state index is -1.09. The Morgan fingerprint density at radius 1 is 0.947 bits per heavy atom. The minimum Gasteiger partial charge on any atom is -0.444 e. The summed E-state index contributed by atoms with van der Waals surface area (Å²) in [5.41, 5.74) is 3.33. The largest absolute Gasteiger partial charge is 0.444 e. The average molecular weight is 540 g/mol. The zero-order valence-electron chi connectivity index (χ0n) is 25.0. The van der Waals surface area contributed by atoms with Crippen LogP contribution in [0.2, 0.25) is 0 Å². The quantitative estimate of drug-likeness (QED) is 0.301. The molecule has 1 aliphatic rings. The molecule has 0 aromatic heterocycles. The van der Waals surface area contributed by atoms with Gasteiger partial charge in [-0.25, -0.2) is 4.79 Å². The topological polar surface area (TPSA) is 169 Å². The SMILES string of the molecule is CC(C)(C)CC(NC(=O)C(NC(=O)OC(C)(C)C)C(C)(C)C)C(=O)NC(CC1CC(C)(C)NC1=O)C(N)=O. The van der Waals surface area contributed by atoms with E-state index in [1.54, 1.807) is 41.5 Å². The lowest BCUT2D eigenvalue weighted by atomic mass is 9.84. The molecule has 0 aromatic carbocycles. The second-order valence-corrected chi connectivity index (χ2v) is 14.2. The van der Waals surface area contributed by atoms with E-state index in [0.29, 0.717) is 6.42 Å². The highest BCUT2D eigenvalue weighted by atomic mass is 16.6. The molecule has 0 saturated carbocycles. The van der Waals surface area contributed by atoms with E-state index < -0.39 is 64.4 Å². The van der Waals surface area contributed by atoms with Crippen molar-refractivity contribution in [3.63, 3.8) is 0 Å². The Hall–Kier alpha value is -2.85. The molecule has 0 aromatic rings. The molecule has 0 aliphatic carbocycles. The summed E-state index contributed by atoms with van der Waals surface area (Å²) < 4.78 is 5.32. The molecule has 1 heterocycles. The first kappa shape index (κ1) is 33.2. The van der Waals surface area contributed by atoms with Crippen molar-refractivity contribution in [3.05, 3.63) is 0 Å². The Morgan fingerprint density at radius 2 is 1.47 bits per heavy atom. The zero-order chi connectivity index (χ0) is 29.9. The van der Waals surface area contributed by atoms with Gasteiger partial charge in [0.05, 0.1) is 0 Å². The van der Waals surface area contributed by atoms with Crippen LogP contribution in [-0.4, -0.2) is 59.0 Å². The van der Waals surface area contributed by atoms with Crippen LogP contribution in [0.15, 0.2) is 0 Å². The van der Waals surface area contributed by atoms with E-state index in [-0.39, 0.29) is 24.2 Å². The summed E-state index contributed by atoms with van der Waals surface area (Å²) in [7, 11) is 0. The number of ether oxygens (including phenoxy) is 1. The van der Waals surface area contributed by atoms with Gasteiger partial charge >= 0.3 is 6.09 Å². The number of rotatable bonds is 9. The molecule has 1 saturated heterocycles. The van der Waals surface area contributed by atoms with Gasteiger partial charge in [-0.1, -0.05) is 41.5 Å². The van der Waals surface area contributed by atoms with Crippen LogP contribution in [-0.2, 0) is 23.9 Å². The van der Waals surface area contributed by atoms with Crippen LogP contribution in [0.5, 0.6) is 0 Å². The normalized spacial score (nSPS) is 20.0. The smallest absolute Gasteiger partial charge is 0.408 e. The summed E-state index contributed by atoms with van der Waals surface area (Å²) in [6.45, 7) is 20.0. The Labute approximate surface area is 227 Å². The third kappa shape index (κ3) is 11.3. The van der Waals surface area contributed by atoms with Gasteiger partial charge in [-0.15, -0.1) is 0 Å². The van der Waals surface area contributed by atoms with Crippen LogP contribution in [0.1, 0.15) is 95.4 Å². The van der Waals surface area contributed by atoms with Crippen molar-refractivity contribution in [1.82, 2.24) is 21.3 Å². The molecular weight excluding hydrogens is 490 g/mol. The van der Waals surface area contributed by atoms with Crippen LogP contribution in [0.25, 0.3) is 0 Å². The van der Waals surface area contributed by atoms with Crippen LogP contribution in [0.3, 0.4) is 0 Å². The van der Waals surface area contributed by atoms with Crippen molar-refractivity contribution >= 4 is 29.7 Å². The number of hydrogen-bond donors (Lipinski definition) is 5. The number of carbonyl (C=O) groups excluding carboxylic acids is 5. The van der Waals surface area contributed by atoms with Crippen molar-refractivity contribution < 1.29 is 28.7 Å². The molecule has 1 rings (SSSR count). The Kier molecular flexibility index (Phi) is 10.4. The standard InChI is InChI=1S/C27H49N5O6/c1-24(2,3)14-17(30-22(36)18(25(4,5)6)31-23(37)38-26(7,8)9)21(35)29-16(19(28)33)12-15-13-27(10,11)32-20(15)34/h15-18H,12-14H2,1-11H3,(H2,28,33)(H,29,35)(H,30,36)(H,31,37)(H,32,34). The molecule has 11 nitrogen and oxygen atoms in total. The van der Waals surface area contributed by atoms with Gasteiger partial charge < -0.3 is 31.7 Å². The number of nitrogens with two attached hydrogens (primary N) is 1. The first-order chi connectivity index (χ1) is 16.9. The van der Waals surface area contributed by atoms with E-state index in [1.165, 1.54) is 0 Å². The van der Waals surface area contributed by atoms with Gasteiger partial charge in [0.1, 0.15) is 23.7 Å². The number of primary amides is 1. The van der Waals surface area contributed by atoms with Gasteiger partial charge in [-0.05, 0) is 64.7 Å². The number of nitrogens with one attached hydrogen (secondary N) is 4. The van der Waals surface area contributed by atoms with Crippen LogP contribution >= 0.6 is 0 Å². The van der Waals surface area contributed by atoms with Gasteiger partial charge in [0, 0.05) is 11.5 Å². The van der Waals surface area contributed by atoms with Gasteiger partial charge in [0.25, 0.3) is 0 Å². The van der Waals surface area contributed by atoms with Crippen molar-refractivity contribution in [1.29, 1.82) is 0 Å². The van der Waals surface area contributed by atoms with Gasteiger partial charge in [0.2, 0.25) is 23.6 Å². The lowest BCUT2D eigenvalue weighted by Gasteiger charge is -2.34. The van der Waals surface area contributed by atoms with Crippen LogP contribution in [0, 0.1) is 16.7 Å². The molecule has 6 N–H and O–H groups in total. The Morgan fingerprint density at radius 3 is 1.87 bits per heavy atom. The molecule has 0 spiro atoms. The summed E-state index contributed by atoms with van der Waals surface area (Å²) in [6, 6.07) is -3.13. The first-order valence-corrected chi connectivity index (χ1v) is 13.1. The lowest BCUT2D eigenvalue weighted by molar-refractivity contribution is -0.134. The van der Waals surface area contributed by atoms with Gasteiger partial charge in [0.15, 0.2) is 0 Å². The maximum Gasteiger partial charge on any atom is 0.408 e. The van der Waals surface area contributed by atoms with Crippen molar-refractivity contribution in [2.75, 3.05) is 0 Å². The molecule has 11 heteroatoms. The second-order valence-electron chi connectivity index (χ2n) is 14.2. The Balaban J connectivity index is 3.12. The third-order valence-corrected chi connectivity index (χ3v) is 6.01. The fourth-order valence-corrected chi connectivity index (χ4v) is 4.37. The molecule has 5 amide bonds. The predicted octanol–water partition coefficient (Wildman–Crippen LogP) is 2.12. The number of alkyl carbamates (subject to hydrolysis) is 1. The molecule has 0 bridgehead atoms. The Bertz CT molecular complexity index is 910. The van der Waals surface area contributed by atoms with E-state index in [1.807, 2.05) is 34.6 Å².